The standard InChI is InChI=1S/C14H15Cl2N3O3S.2BrH/c15-10-11-12(23-13(10)16)14(22)19(6-18-11)5-7(20)4-8-9(21)2-1-3-17-8;;/h6,8-9,17,21H,1-5H2;2*1H/t8-,9+;;/m1../s1. The minimum atomic E-state index is -0.528. The maximum absolute atomic E-state index is 12.4. The summed E-state index contributed by atoms with van der Waals surface area (Å²) in [7, 11) is 0. The summed E-state index contributed by atoms with van der Waals surface area (Å²) >= 11 is 13.0. The van der Waals surface area contributed by atoms with Crippen LogP contribution in [0, 0.1) is 0 Å². The first-order valence-corrected chi connectivity index (χ1v) is 8.80. The molecule has 0 aliphatic carbocycles. The fourth-order valence-electron chi connectivity index (χ4n) is 2.70. The monoisotopic (exact) mass is 535 g/mol. The highest BCUT2D eigenvalue weighted by atomic mass is 79.9. The lowest BCUT2D eigenvalue weighted by Gasteiger charge is -2.28. The summed E-state index contributed by atoms with van der Waals surface area (Å²) in [5.74, 6) is -0.138. The Balaban J connectivity index is 0.00000156. The number of nitrogens with one attached hydrogen (secondary N) is 1. The van der Waals surface area contributed by atoms with Gasteiger partial charge in [0.15, 0.2) is 5.78 Å². The number of aliphatic hydroxyl groups excluding tert-OH is 1. The van der Waals surface area contributed by atoms with Crippen LogP contribution in [0.2, 0.25) is 9.36 Å². The van der Waals surface area contributed by atoms with E-state index in [1.165, 1.54) is 10.9 Å². The number of ketones is 1. The predicted octanol–water partition coefficient (Wildman–Crippen LogP) is 2.99. The first-order valence-electron chi connectivity index (χ1n) is 7.23. The summed E-state index contributed by atoms with van der Waals surface area (Å²) in [5, 5.41) is 13.3. The molecule has 2 atom stereocenters. The summed E-state index contributed by atoms with van der Waals surface area (Å²) in [5.41, 5.74) is 0.0269. The molecule has 1 fully saturated rings. The van der Waals surface area contributed by atoms with Gasteiger partial charge in [-0.25, -0.2) is 4.98 Å². The van der Waals surface area contributed by atoms with Gasteiger partial charge in [0.05, 0.1) is 24.0 Å². The highest BCUT2D eigenvalue weighted by molar-refractivity contribution is 8.93. The smallest absolute Gasteiger partial charge is 0.271 e. The van der Waals surface area contributed by atoms with E-state index < -0.39 is 6.10 Å². The Hall–Kier alpha value is -0.0300. The van der Waals surface area contributed by atoms with Crippen LogP contribution in [0.3, 0.4) is 0 Å². The van der Waals surface area contributed by atoms with Crippen molar-refractivity contribution in [3.05, 3.63) is 26.0 Å². The van der Waals surface area contributed by atoms with Crippen LogP contribution in [-0.2, 0) is 11.3 Å². The fourth-order valence-corrected chi connectivity index (χ4v) is 4.16. The molecule has 0 aromatic carbocycles. The molecule has 11 heteroatoms. The maximum atomic E-state index is 12.4. The van der Waals surface area contributed by atoms with E-state index in [2.05, 4.69) is 10.3 Å². The molecule has 2 N–H and O–H groups in total. The van der Waals surface area contributed by atoms with Crippen molar-refractivity contribution in [3.8, 4) is 0 Å². The van der Waals surface area contributed by atoms with Crippen molar-refractivity contribution in [2.45, 2.75) is 38.0 Å². The number of carbonyl (C=O) groups is 1. The Morgan fingerprint density at radius 2 is 2.16 bits per heavy atom. The van der Waals surface area contributed by atoms with Crippen LogP contribution in [0.1, 0.15) is 19.3 Å². The fraction of sp³-hybridized carbons (Fsp3) is 0.500. The van der Waals surface area contributed by atoms with Crippen LogP contribution >= 0.6 is 68.5 Å². The zero-order valence-corrected chi connectivity index (χ0v) is 18.7. The largest absolute Gasteiger partial charge is 0.391 e. The summed E-state index contributed by atoms with van der Waals surface area (Å²) < 4.78 is 1.90. The number of piperidine rings is 1. The second kappa shape index (κ2) is 9.77. The van der Waals surface area contributed by atoms with Gasteiger partial charge in [-0.05, 0) is 19.4 Å². The van der Waals surface area contributed by atoms with E-state index in [0.717, 1.165) is 24.3 Å². The van der Waals surface area contributed by atoms with E-state index >= 15 is 0 Å². The Bertz CT molecular complexity index is 814. The van der Waals surface area contributed by atoms with Crippen LogP contribution in [-0.4, -0.2) is 39.1 Å². The van der Waals surface area contributed by atoms with Gasteiger partial charge in [0.1, 0.15) is 14.6 Å². The van der Waals surface area contributed by atoms with Gasteiger partial charge < -0.3 is 10.4 Å². The summed E-state index contributed by atoms with van der Waals surface area (Å²) in [6.45, 7) is 0.703. The van der Waals surface area contributed by atoms with Crippen molar-refractivity contribution in [2.75, 3.05) is 6.54 Å². The van der Waals surface area contributed by atoms with Crippen LogP contribution < -0.4 is 10.9 Å². The number of carbonyl (C=O) groups excluding carboxylic acids is 1. The lowest BCUT2D eigenvalue weighted by molar-refractivity contribution is -0.121. The average Bonchev–Trinajstić information content (AvgIpc) is 2.81. The molecule has 3 heterocycles. The summed E-state index contributed by atoms with van der Waals surface area (Å²) in [4.78, 5) is 28.7. The molecule has 0 unspecified atom stereocenters. The number of hydrogen-bond acceptors (Lipinski definition) is 6. The quantitative estimate of drug-likeness (QED) is 0.626. The second-order valence-electron chi connectivity index (χ2n) is 5.56. The summed E-state index contributed by atoms with van der Waals surface area (Å²) in [6, 6.07) is -0.255. The van der Waals surface area contributed by atoms with Crippen LogP contribution in [0.4, 0.5) is 0 Å². The molecule has 0 spiro atoms. The van der Waals surface area contributed by atoms with E-state index in [1.807, 2.05) is 0 Å². The van der Waals surface area contributed by atoms with Gasteiger partial charge in [-0.2, -0.15) is 0 Å². The number of aromatic nitrogens is 2. The Labute approximate surface area is 179 Å². The van der Waals surface area contributed by atoms with Gasteiger partial charge in [-0.15, -0.1) is 45.3 Å². The highest BCUT2D eigenvalue weighted by Crippen LogP contribution is 2.35. The Morgan fingerprint density at radius 3 is 2.84 bits per heavy atom. The third-order valence-electron chi connectivity index (χ3n) is 3.91. The molecule has 0 amide bonds. The molecule has 0 radical (unpaired) electrons. The van der Waals surface area contributed by atoms with Gasteiger partial charge in [0.25, 0.3) is 5.56 Å². The number of Topliss-reactive ketones (excluding diaryl/α,β-unsaturated/α-hetero) is 1. The predicted molar refractivity (Wildman–Crippen MR) is 111 cm³/mol. The van der Waals surface area contributed by atoms with E-state index in [1.54, 1.807) is 0 Å². The third-order valence-corrected chi connectivity index (χ3v) is 5.86. The molecular formula is C14H17Br2Cl2N3O3S. The van der Waals surface area contributed by atoms with Crippen molar-refractivity contribution in [2.24, 2.45) is 0 Å². The molecule has 0 bridgehead atoms. The molecule has 140 valence electrons. The van der Waals surface area contributed by atoms with E-state index in [0.29, 0.717) is 21.0 Å². The van der Waals surface area contributed by atoms with E-state index in [4.69, 9.17) is 23.2 Å². The number of nitrogens with zero attached hydrogens (tertiary/aromatic N) is 2. The number of fused-ring (bicyclic) bond motifs is 1. The number of aliphatic hydroxyl groups is 1. The lowest BCUT2D eigenvalue weighted by Crippen LogP contribution is -2.46. The number of thiophene rings is 1. The van der Waals surface area contributed by atoms with Crippen molar-refractivity contribution in [1.82, 2.24) is 14.9 Å². The van der Waals surface area contributed by atoms with Crippen LogP contribution in [0.25, 0.3) is 10.2 Å². The number of rotatable bonds is 4. The van der Waals surface area contributed by atoms with E-state index in [9.17, 15) is 14.7 Å². The van der Waals surface area contributed by atoms with Crippen LogP contribution in [0.15, 0.2) is 11.1 Å². The van der Waals surface area contributed by atoms with Gasteiger partial charge in [0.2, 0.25) is 0 Å². The minimum absolute atomic E-state index is 0. The molecule has 3 rings (SSSR count). The van der Waals surface area contributed by atoms with Gasteiger partial charge in [-0.3, -0.25) is 14.2 Å². The molecule has 0 saturated carbocycles. The van der Waals surface area contributed by atoms with Gasteiger partial charge in [0, 0.05) is 12.5 Å². The van der Waals surface area contributed by atoms with Gasteiger partial charge >= 0.3 is 0 Å². The second-order valence-corrected chi connectivity index (χ2v) is 7.56. The first kappa shape index (κ1) is 23.0. The summed E-state index contributed by atoms with van der Waals surface area (Å²) in [6.07, 6.45) is 2.54. The zero-order valence-electron chi connectivity index (χ0n) is 12.9. The average molecular weight is 538 g/mol. The third kappa shape index (κ3) is 5.03. The maximum Gasteiger partial charge on any atom is 0.271 e. The van der Waals surface area contributed by atoms with Crippen LogP contribution in [0.5, 0.6) is 0 Å². The molecule has 1 aliphatic rings. The van der Waals surface area contributed by atoms with Crippen molar-refractivity contribution < 1.29 is 9.90 Å². The number of halogens is 4. The van der Waals surface area contributed by atoms with Crippen molar-refractivity contribution >= 4 is 84.5 Å². The van der Waals surface area contributed by atoms with E-state index in [-0.39, 0.29) is 69.3 Å². The Kier molecular flexibility index (Phi) is 9.00. The molecule has 6 nitrogen and oxygen atoms in total. The molecule has 1 aliphatic heterocycles. The van der Waals surface area contributed by atoms with Crippen molar-refractivity contribution in [3.63, 3.8) is 0 Å². The van der Waals surface area contributed by atoms with Crippen molar-refractivity contribution in [1.29, 1.82) is 0 Å². The molecular weight excluding hydrogens is 521 g/mol. The topological polar surface area (TPSA) is 84.2 Å². The minimum Gasteiger partial charge on any atom is -0.391 e. The number of hydrogen-bond donors (Lipinski definition) is 2. The highest BCUT2D eigenvalue weighted by Gasteiger charge is 2.25. The van der Waals surface area contributed by atoms with Gasteiger partial charge in [-0.1, -0.05) is 23.2 Å². The molecule has 25 heavy (non-hydrogen) atoms. The zero-order chi connectivity index (χ0) is 16.6. The molecule has 2 aromatic heterocycles. The first-order chi connectivity index (χ1) is 11.0. The molecule has 2 aromatic rings. The lowest BCUT2D eigenvalue weighted by atomic mass is 9.97. The normalized spacial score (nSPS) is 20.0. The SMILES string of the molecule is Br.Br.O=C(C[C@H]1NCCC[C@@H]1O)Cn1cnc2c(Cl)c(Cl)sc2c1=O. The Morgan fingerprint density at radius 1 is 1.44 bits per heavy atom. The molecule has 1 saturated heterocycles.